The first-order valence-electron chi connectivity index (χ1n) is 6.85. The summed E-state index contributed by atoms with van der Waals surface area (Å²) in [5.41, 5.74) is 0.163. The van der Waals surface area contributed by atoms with Crippen LogP contribution in [0.25, 0.3) is 0 Å². The molecule has 5 heteroatoms. The van der Waals surface area contributed by atoms with Crippen LogP contribution in [0.4, 0.5) is 0 Å². The minimum atomic E-state index is -0.683. The van der Waals surface area contributed by atoms with Crippen LogP contribution >= 0.6 is 11.3 Å². The van der Waals surface area contributed by atoms with Crippen LogP contribution in [0.1, 0.15) is 37.9 Å². The second kappa shape index (κ2) is 5.48. The van der Waals surface area contributed by atoms with Gasteiger partial charge in [-0.1, -0.05) is 13.8 Å². The van der Waals surface area contributed by atoms with Crippen molar-refractivity contribution >= 4 is 11.3 Å². The van der Waals surface area contributed by atoms with Crippen LogP contribution in [0.2, 0.25) is 0 Å². The number of aryl methyl sites for hydroxylation is 1. The summed E-state index contributed by atoms with van der Waals surface area (Å²) in [5, 5.41) is 17.1. The Bertz CT molecular complexity index is 433. The highest BCUT2D eigenvalue weighted by atomic mass is 32.1. The highest BCUT2D eigenvalue weighted by Gasteiger charge is 2.59. The smallest absolute Gasteiger partial charge is 0.0897 e. The molecule has 19 heavy (non-hydrogen) atoms. The van der Waals surface area contributed by atoms with Crippen molar-refractivity contribution in [3.8, 4) is 0 Å². The van der Waals surface area contributed by atoms with Crippen molar-refractivity contribution in [2.45, 2.75) is 52.4 Å². The highest BCUT2D eigenvalue weighted by Crippen LogP contribution is 2.50. The molecule has 1 saturated carbocycles. The van der Waals surface area contributed by atoms with Crippen LogP contribution in [-0.2, 0) is 11.3 Å². The summed E-state index contributed by atoms with van der Waals surface area (Å²) < 4.78 is 5.66. The van der Waals surface area contributed by atoms with E-state index in [1.807, 2.05) is 13.8 Å². The topological polar surface area (TPSA) is 54.4 Å². The Balaban J connectivity index is 1.83. The molecule has 1 aliphatic rings. The quantitative estimate of drug-likeness (QED) is 0.840. The Morgan fingerprint density at radius 3 is 2.84 bits per heavy atom. The number of hydrogen-bond acceptors (Lipinski definition) is 5. The Hall–Kier alpha value is -0.490. The number of thiazole rings is 1. The van der Waals surface area contributed by atoms with E-state index in [0.29, 0.717) is 26.1 Å². The van der Waals surface area contributed by atoms with E-state index in [9.17, 15) is 5.11 Å². The molecule has 1 fully saturated rings. The molecule has 4 nitrogen and oxygen atoms in total. The van der Waals surface area contributed by atoms with Crippen molar-refractivity contribution in [2.75, 3.05) is 13.2 Å². The standard InChI is InChI=1S/C14H24N2O2S/c1-5-18-12-6-14(17,13(12,3)4)9-15-7-11-8-19-10(2)16-11/h8,12,15,17H,5-7,9H2,1-4H3/t12-,14-/m0/s1. The largest absolute Gasteiger partial charge is 0.388 e. The first-order valence-corrected chi connectivity index (χ1v) is 7.73. The molecule has 0 amide bonds. The summed E-state index contributed by atoms with van der Waals surface area (Å²) in [4.78, 5) is 4.40. The number of aromatic nitrogens is 1. The molecule has 1 aromatic heterocycles. The first-order chi connectivity index (χ1) is 8.89. The summed E-state index contributed by atoms with van der Waals surface area (Å²) >= 11 is 1.66. The fourth-order valence-electron chi connectivity index (χ4n) is 2.65. The third kappa shape index (κ3) is 2.84. The molecule has 0 unspecified atom stereocenters. The Morgan fingerprint density at radius 2 is 2.32 bits per heavy atom. The molecule has 1 heterocycles. The van der Waals surface area contributed by atoms with Crippen LogP contribution in [0.5, 0.6) is 0 Å². The van der Waals surface area contributed by atoms with Gasteiger partial charge in [-0.15, -0.1) is 11.3 Å². The number of nitrogens with one attached hydrogen (secondary N) is 1. The van der Waals surface area contributed by atoms with Gasteiger partial charge in [0.15, 0.2) is 0 Å². The molecule has 2 rings (SSSR count). The van der Waals surface area contributed by atoms with Crippen molar-refractivity contribution in [2.24, 2.45) is 5.41 Å². The lowest BCUT2D eigenvalue weighted by Gasteiger charge is -2.58. The monoisotopic (exact) mass is 284 g/mol. The number of ether oxygens (including phenoxy) is 1. The third-order valence-corrected chi connectivity index (χ3v) is 5.11. The summed E-state index contributed by atoms with van der Waals surface area (Å²) in [5.74, 6) is 0. The molecule has 2 atom stereocenters. The van der Waals surface area contributed by atoms with E-state index in [0.717, 1.165) is 10.7 Å². The minimum Gasteiger partial charge on any atom is -0.388 e. The fraction of sp³-hybridized carbons (Fsp3) is 0.786. The van der Waals surface area contributed by atoms with E-state index in [1.165, 1.54) is 0 Å². The highest BCUT2D eigenvalue weighted by molar-refractivity contribution is 7.09. The van der Waals surface area contributed by atoms with Gasteiger partial charge < -0.3 is 15.2 Å². The molecule has 0 aliphatic heterocycles. The molecule has 0 saturated heterocycles. The fourth-order valence-corrected chi connectivity index (χ4v) is 3.26. The van der Waals surface area contributed by atoms with Gasteiger partial charge in [-0.25, -0.2) is 4.98 Å². The zero-order valence-corrected chi connectivity index (χ0v) is 13.0. The van der Waals surface area contributed by atoms with Crippen LogP contribution in [-0.4, -0.2) is 34.9 Å². The van der Waals surface area contributed by atoms with Crippen LogP contribution in [0, 0.1) is 12.3 Å². The maximum absolute atomic E-state index is 10.7. The van der Waals surface area contributed by atoms with Gasteiger partial charge in [0.25, 0.3) is 0 Å². The Kier molecular flexibility index (Phi) is 4.30. The second-order valence-corrected chi connectivity index (χ2v) is 6.93. The zero-order chi connectivity index (χ0) is 14.1. The predicted octanol–water partition coefficient (Wildman–Crippen LogP) is 2.11. The molecule has 108 valence electrons. The Labute approximate surface area is 119 Å². The number of hydrogen-bond donors (Lipinski definition) is 2. The maximum atomic E-state index is 10.7. The normalized spacial score (nSPS) is 29.2. The first kappa shape index (κ1) is 14.9. The van der Waals surface area contributed by atoms with Gasteiger partial charge in [0, 0.05) is 36.9 Å². The lowest BCUT2D eigenvalue weighted by atomic mass is 9.56. The van der Waals surface area contributed by atoms with Gasteiger partial charge in [0.1, 0.15) is 0 Å². The molecule has 1 aliphatic carbocycles. The molecule has 0 aromatic carbocycles. The van der Waals surface area contributed by atoms with Crippen molar-refractivity contribution in [3.05, 3.63) is 16.1 Å². The van der Waals surface area contributed by atoms with Gasteiger partial charge in [-0.3, -0.25) is 0 Å². The van der Waals surface area contributed by atoms with Crippen molar-refractivity contribution in [3.63, 3.8) is 0 Å². The number of aliphatic hydroxyl groups is 1. The maximum Gasteiger partial charge on any atom is 0.0897 e. The van der Waals surface area contributed by atoms with E-state index < -0.39 is 5.60 Å². The SMILES string of the molecule is CCO[C@H]1C[C@](O)(CNCc2csc(C)n2)C1(C)C. The third-order valence-electron chi connectivity index (χ3n) is 4.29. The van der Waals surface area contributed by atoms with Crippen molar-refractivity contribution in [1.82, 2.24) is 10.3 Å². The summed E-state index contributed by atoms with van der Waals surface area (Å²) in [7, 11) is 0. The molecule has 0 radical (unpaired) electrons. The van der Waals surface area contributed by atoms with Gasteiger partial charge in [0.2, 0.25) is 0 Å². The molecular weight excluding hydrogens is 260 g/mol. The second-order valence-electron chi connectivity index (χ2n) is 5.86. The van der Waals surface area contributed by atoms with Gasteiger partial charge >= 0.3 is 0 Å². The van der Waals surface area contributed by atoms with E-state index in [4.69, 9.17) is 4.74 Å². The molecule has 0 spiro atoms. The summed E-state index contributed by atoms with van der Waals surface area (Å²) in [6.45, 7) is 10.1. The number of rotatable bonds is 6. The zero-order valence-electron chi connectivity index (χ0n) is 12.2. The van der Waals surface area contributed by atoms with E-state index in [1.54, 1.807) is 11.3 Å². The summed E-state index contributed by atoms with van der Waals surface area (Å²) in [6.07, 6.45) is 0.863. The van der Waals surface area contributed by atoms with Gasteiger partial charge in [-0.05, 0) is 13.8 Å². The average molecular weight is 284 g/mol. The Morgan fingerprint density at radius 1 is 1.58 bits per heavy atom. The average Bonchev–Trinajstić information content (AvgIpc) is 2.75. The van der Waals surface area contributed by atoms with Crippen molar-refractivity contribution < 1.29 is 9.84 Å². The van der Waals surface area contributed by atoms with Crippen molar-refractivity contribution in [1.29, 1.82) is 0 Å². The van der Waals surface area contributed by atoms with E-state index >= 15 is 0 Å². The van der Waals surface area contributed by atoms with Crippen LogP contribution in [0.3, 0.4) is 0 Å². The van der Waals surface area contributed by atoms with Gasteiger partial charge in [0.05, 0.1) is 22.4 Å². The van der Waals surface area contributed by atoms with E-state index in [-0.39, 0.29) is 11.5 Å². The minimum absolute atomic E-state index is 0.158. The van der Waals surface area contributed by atoms with E-state index in [2.05, 4.69) is 29.5 Å². The van der Waals surface area contributed by atoms with Gasteiger partial charge in [-0.2, -0.15) is 0 Å². The molecule has 2 N–H and O–H groups in total. The summed E-state index contributed by atoms with van der Waals surface area (Å²) in [6, 6.07) is 0. The van der Waals surface area contributed by atoms with Crippen LogP contribution in [0.15, 0.2) is 5.38 Å². The lowest BCUT2D eigenvalue weighted by molar-refractivity contribution is -0.238. The molecular formula is C14H24N2O2S. The molecule has 1 aromatic rings. The number of nitrogens with zero attached hydrogens (tertiary/aromatic N) is 1. The predicted molar refractivity (Wildman–Crippen MR) is 77.3 cm³/mol. The molecule has 0 bridgehead atoms. The van der Waals surface area contributed by atoms with Crippen LogP contribution < -0.4 is 5.32 Å². The lowest BCUT2D eigenvalue weighted by Crippen LogP contribution is -2.68.